The topological polar surface area (TPSA) is 84.9 Å². The summed E-state index contributed by atoms with van der Waals surface area (Å²) in [5.74, 6) is -0.517. The Morgan fingerprint density at radius 3 is 2.61 bits per heavy atom. The van der Waals surface area contributed by atoms with Crippen LogP contribution in [-0.2, 0) is 9.53 Å². The molecule has 23 heavy (non-hydrogen) atoms. The van der Waals surface area contributed by atoms with E-state index in [2.05, 4.69) is 5.32 Å². The Hall–Kier alpha value is -2.50. The van der Waals surface area contributed by atoms with Crippen LogP contribution in [0.5, 0.6) is 5.75 Å². The number of carboxylic acids is 1. The number of carbonyl (C=O) groups excluding carboxylic acids is 1. The van der Waals surface area contributed by atoms with Crippen LogP contribution < -0.4 is 10.1 Å². The standard InChI is InChI=1S/C17H23NO5/c1-17(2,3)23-16(21)18-11-7-6-9-13-8-4-5-10-14(13)22-12-15(19)20/h4-6,8-10H,7,11-12H2,1-3H3,(H,18,21)(H,19,20). The van der Waals surface area contributed by atoms with Crippen molar-refractivity contribution in [3.05, 3.63) is 35.9 Å². The molecule has 1 rings (SSSR count). The molecule has 0 aliphatic heterocycles. The number of benzene rings is 1. The second-order valence-electron chi connectivity index (χ2n) is 5.84. The summed E-state index contributed by atoms with van der Waals surface area (Å²) in [5.41, 5.74) is 0.270. The number of nitrogens with one attached hydrogen (secondary N) is 1. The minimum absolute atomic E-state index is 0.384. The Labute approximate surface area is 136 Å². The zero-order valence-electron chi connectivity index (χ0n) is 13.7. The summed E-state index contributed by atoms with van der Waals surface area (Å²) in [6, 6.07) is 7.15. The van der Waals surface area contributed by atoms with Crippen molar-refractivity contribution in [2.45, 2.75) is 32.8 Å². The van der Waals surface area contributed by atoms with Gasteiger partial charge < -0.3 is 19.9 Å². The maximum absolute atomic E-state index is 11.5. The van der Waals surface area contributed by atoms with Crippen LogP contribution >= 0.6 is 0 Å². The van der Waals surface area contributed by atoms with E-state index in [-0.39, 0.29) is 6.61 Å². The first-order valence-electron chi connectivity index (χ1n) is 7.35. The number of ether oxygens (including phenoxy) is 2. The lowest BCUT2D eigenvalue weighted by atomic mass is 10.2. The average molecular weight is 321 g/mol. The van der Waals surface area contributed by atoms with Crippen molar-refractivity contribution in [1.29, 1.82) is 0 Å². The normalized spacial score (nSPS) is 11.3. The number of rotatable bonds is 7. The van der Waals surface area contributed by atoms with Crippen LogP contribution in [0.15, 0.2) is 30.3 Å². The molecule has 6 nitrogen and oxygen atoms in total. The van der Waals surface area contributed by atoms with Gasteiger partial charge in [-0.25, -0.2) is 9.59 Å². The van der Waals surface area contributed by atoms with Gasteiger partial charge in [0.05, 0.1) is 0 Å². The predicted molar refractivity (Wildman–Crippen MR) is 87.5 cm³/mol. The molecule has 6 heteroatoms. The van der Waals surface area contributed by atoms with Crippen molar-refractivity contribution in [2.24, 2.45) is 0 Å². The Kier molecular flexibility index (Phi) is 7.12. The van der Waals surface area contributed by atoms with Crippen molar-refractivity contribution < 1.29 is 24.2 Å². The smallest absolute Gasteiger partial charge is 0.407 e. The fraction of sp³-hybridized carbons (Fsp3) is 0.412. The summed E-state index contributed by atoms with van der Waals surface area (Å²) in [7, 11) is 0. The number of carboxylic acid groups (broad SMARTS) is 1. The molecule has 0 aliphatic rings. The second-order valence-corrected chi connectivity index (χ2v) is 5.84. The van der Waals surface area contributed by atoms with E-state index in [9.17, 15) is 9.59 Å². The number of alkyl carbamates (subject to hydrolysis) is 1. The lowest BCUT2D eigenvalue weighted by Gasteiger charge is -2.19. The predicted octanol–water partition coefficient (Wildman–Crippen LogP) is 3.08. The van der Waals surface area contributed by atoms with E-state index < -0.39 is 17.7 Å². The molecular formula is C17H23NO5. The Morgan fingerprint density at radius 2 is 1.96 bits per heavy atom. The first kappa shape index (κ1) is 18.5. The molecule has 1 amide bonds. The highest BCUT2D eigenvalue weighted by atomic mass is 16.6. The van der Waals surface area contributed by atoms with Crippen LogP contribution in [0.2, 0.25) is 0 Å². The van der Waals surface area contributed by atoms with E-state index in [1.54, 1.807) is 32.9 Å². The number of amides is 1. The molecule has 0 heterocycles. The monoisotopic (exact) mass is 321 g/mol. The summed E-state index contributed by atoms with van der Waals surface area (Å²) < 4.78 is 10.3. The van der Waals surface area contributed by atoms with Gasteiger partial charge in [0.15, 0.2) is 6.61 Å². The third kappa shape index (κ3) is 8.50. The highest BCUT2D eigenvalue weighted by Crippen LogP contribution is 2.19. The lowest BCUT2D eigenvalue weighted by molar-refractivity contribution is -0.139. The van der Waals surface area contributed by atoms with Crippen LogP contribution in [-0.4, -0.2) is 35.9 Å². The fourth-order valence-electron chi connectivity index (χ4n) is 1.67. The Balaban J connectivity index is 2.43. The maximum atomic E-state index is 11.5. The van der Waals surface area contributed by atoms with Gasteiger partial charge in [-0.2, -0.15) is 0 Å². The lowest BCUT2D eigenvalue weighted by Crippen LogP contribution is -2.32. The fourth-order valence-corrected chi connectivity index (χ4v) is 1.67. The van der Waals surface area contributed by atoms with Crippen LogP contribution in [0.1, 0.15) is 32.8 Å². The SMILES string of the molecule is CC(C)(C)OC(=O)NCCC=Cc1ccccc1OCC(=O)O. The molecule has 0 atom stereocenters. The molecule has 1 aromatic rings. The zero-order chi connectivity index (χ0) is 17.3. The highest BCUT2D eigenvalue weighted by molar-refractivity contribution is 5.69. The molecule has 0 bridgehead atoms. The van der Waals surface area contributed by atoms with Gasteiger partial charge in [0.2, 0.25) is 0 Å². The first-order valence-corrected chi connectivity index (χ1v) is 7.35. The molecular weight excluding hydrogens is 298 g/mol. The van der Waals surface area contributed by atoms with Gasteiger partial charge in [0.1, 0.15) is 11.4 Å². The third-order valence-electron chi connectivity index (χ3n) is 2.55. The summed E-state index contributed by atoms with van der Waals surface area (Å²) in [6.07, 6.45) is 3.87. The van der Waals surface area contributed by atoms with E-state index in [1.807, 2.05) is 24.3 Å². The van der Waals surface area contributed by atoms with Crippen molar-refractivity contribution in [3.63, 3.8) is 0 Å². The quantitative estimate of drug-likeness (QED) is 0.754. The zero-order valence-corrected chi connectivity index (χ0v) is 13.7. The average Bonchev–Trinajstić information content (AvgIpc) is 2.43. The molecule has 126 valence electrons. The molecule has 0 fully saturated rings. The molecule has 0 saturated carbocycles. The van der Waals surface area contributed by atoms with E-state index in [0.717, 1.165) is 5.56 Å². The number of aliphatic carboxylic acids is 1. The summed E-state index contributed by atoms with van der Waals surface area (Å²) >= 11 is 0. The van der Waals surface area contributed by atoms with Crippen molar-refractivity contribution in [2.75, 3.05) is 13.2 Å². The van der Waals surface area contributed by atoms with E-state index in [4.69, 9.17) is 14.6 Å². The van der Waals surface area contributed by atoms with Crippen LogP contribution in [0.3, 0.4) is 0 Å². The van der Waals surface area contributed by atoms with E-state index in [0.29, 0.717) is 18.7 Å². The van der Waals surface area contributed by atoms with Crippen molar-refractivity contribution in [3.8, 4) is 5.75 Å². The molecule has 0 radical (unpaired) electrons. The highest BCUT2D eigenvalue weighted by Gasteiger charge is 2.15. The van der Waals surface area contributed by atoms with Crippen molar-refractivity contribution >= 4 is 18.1 Å². The maximum Gasteiger partial charge on any atom is 0.407 e. The largest absolute Gasteiger partial charge is 0.481 e. The first-order chi connectivity index (χ1) is 10.8. The number of hydrogen-bond acceptors (Lipinski definition) is 4. The Morgan fingerprint density at radius 1 is 1.26 bits per heavy atom. The van der Waals surface area contributed by atoms with E-state index in [1.165, 1.54) is 0 Å². The molecule has 2 N–H and O–H groups in total. The van der Waals surface area contributed by atoms with Gasteiger partial charge in [-0.1, -0.05) is 30.4 Å². The van der Waals surface area contributed by atoms with Crippen LogP contribution in [0.4, 0.5) is 4.79 Å². The van der Waals surface area contributed by atoms with Crippen LogP contribution in [0, 0.1) is 0 Å². The minimum atomic E-state index is -1.02. The van der Waals surface area contributed by atoms with Crippen molar-refractivity contribution in [1.82, 2.24) is 5.32 Å². The van der Waals surface area contributed by atoms with Crippen LogP contribution in [0.25, 0.3) is 6.08 Å². The molecule has 0 saturated heterocycles. The third-order valence-corrected chi connectivity index (χ3v) is 2.55. The number of carbonyl (C=O) groups is 2. The van der Waals surface area contributed by atoms with Gasteiger partial charge in [0, 0.05) is 12.1 Å². The molecule has 0 aliphatic carbocycles. The van der Waals surface area contributed by atoms with Gasteiger partial charge >= 0.3 is 12.1 Å². The molecule has 0 spiro atoms. The second kappa shape index (κ2) is 8.82. The van der Waals surface area contributed by atoms with Gasteiger partial charge in [-0.3, -0.25) is 0 Å². The van der Waals surface area contributed by atoms with Gasteiger partial charge in [0.25, 0.3) is 0 Å². The van der Waals surface area contributed by atoms with E-state index >= 15 is 0 Å². The molecule has 1 aromatic carbocycles. The Bertz CT molecular complexity index is 560. The van der Waals surface area contributed by atoms with Gasteiger partial charge in [-0.15, -0.1) is 0 Å². The molecule has 0 unspecified atom stereocenters. The summed E-state index contributed by atoms with van der Waals surface area (Å²) in [4.78, 5) is 22.0. The van der Waals surface area contributed by atoms with Gasteiger partial charge in [-0.05, 0) is 33.3 Å². The summed E-state index contributed by atoms with van der Waals surface area (Å²) in [6.45, 7) is 5.48. The minimum Gasteiger partial charge on any atom is -0.481 e. The summed E-state index contributed by atoms with van der Waals surface area (Å²) in [5, 5.41) is 11.3. The number of para-hydroxylation sites is 1. The number of hydrogen-bond donors (Lipinski definition) is 2. The molecule has 0 aromatic heterocycles.